The average molecular weight is 376 g/mol. The van der Waals surface area contributed by atoms with Crippen LogP contribution in [0.25, 0.3) is 0 Å². The molecule has 7 heteroatoms. The van der Waals surface area contributed by atoms with E-state index in [-0.39, 0.29) is 18.7 Å². The molecule has 0 bridgehead atoms. The summed E-state index contributed by atoms with van der Waals surface area (Å²) in [6.07, 6.45) is -0.102. The van der Waals surface area contributed by atoms with Gasteiger partial charge in [0.1, 0.15) is 13.2 Å². The lowest BCUT2D eigenvalue weighted by molar-refractivity contribution is -0.137. The molecule has 0 fully saturated rings. The zero-order valence-corrected chi connectivity index (χ0v) is 14.7. The largest absolute Gasteiger partial charge is 0.486 e. The summed E-state index contributed by atoms with van der Waals surface area (Å²) in [6.45, 7) is 0.977. The SMILES string of the molecule is O=C(O)C[C@H](NC(=O)Cc1ccc2c(c1)OCCO2)c1ccc(Cl)cc1. The minimum Gasteiger partial charge on any atom is -0.486 e. The Hall–Kier alpha value is -2.73. The molecule has 1 heterocycles. The molecule has 0 unspecified atom stereocenters. The first-order chi connectivity index (χ1) is 12.5. The van der Waals surface area contributed by atoms with Gasteiger partial charge in [-0.3, -0.25) is 9.59 Å². The van der Waals surface area contributed by atoms with E-state index >= 15 is 0 Å². The van der Waals surface area contributed by atoms with Gasteiger partial charge in [-0.25, -0.2) is 0 Å². The van der Waals surface area contributed by atoms with Crippen molar-refractivity contribution in [2.24, 2.45) is 0 Å². The minimum absolute atomic E-state index is 0.111. The van der Waals surface area contributed by atoms with Crippen molar-refractivity contribution >= 4 is 23.5 Å². The van der Waals surface area contributed by atoms with Crippen LogP contribution in [0.2, 0.25) is 5.02 Å². The molecule has 0 radical (unpaired) electrons. The fraction of sp³-hybridized carbons (Fsp3) is 0.263. The molecule has 2 aromatic rings. The van der Waals surface area contributed by atoms with Gasteiger partial charge in [0.15, 0.2) is 11.5 Å². The van der Waals surface area contributed by atoms with Gasteiger partial charge in [-0.15, -0.1) is 0 Å². The molecule has 0 spiro atoms. The molecule has 136 valence electrons. The van der Waals surface area contributed by atoms with E-state index < -0.39 is 12.0 Å². The van der Waals surface area contributed by atoms with Crippen LogP contribution in [-0.2, 0) is 16.0 Å². The summed E-state index contributed by atoms with van der Waals surface area (Å²) in [4.78, 5) is 23.6. The monoisotopic (exact) mass is 375 g/mol. The zero-order valence-electron chi connectivity index (χ0n) is 13.9. The standard InChI is InChI=1S/C19H18ClNO5/c20-14-4-2-13(3-5-14)15(11-19(23)24)21-18(22)10-12-1-6-16-17(9-12)26-8-7-25-16/h1-6,9,15H,7-8,10-11H2,(H,21,22)(H,23,24)/t15-/m0/s1. The quantitative estimate of drug-likeness (QED) is 0.810. The third-order valence-electron chi connectivity index (χ3n) is 3.96. The zero-order chi connectivity index (χ0) is 18.5. The predicted molar refractivity (Wildman–Crippen MR) is 95.7 cm³/mol. The number of rotatable bonds is 6. The number of aliphatic carboxylic acids is 1. The van der Waals surface area contributed by atoms with E-state index in [0.29, 0.717) is 35.3 Å². The van der Waals surface area contributed by atoms with Gasteiger partial charge < -0.3 is 19.9 Å². The van der Waals surface area contributed by atoms with Crippen molar-refractivity contribution in [2.45, 2.75) is 18.9 Å². The maximum absolute atomic E-state index is 12.4. The van der Waals surface area contributed by atoms with E-state index in [1.807, 2.05) is 0 Å². The van der Waals surface area contributed by atoms with E-state index in [2.05, 4.69) is 5.32 Å². The normalized spacial score (nSPS) is 13.7. The van der Waals surface area contributed by atoms with Crippen molar-refractivity contribution in [3.8, 4) is 11.5 Å². The summed E-state index contributed by atoms with van der Waals surface area (Å²) < 4.78 is 11.0. The van der Waals surface area contributed by atoms with Gasteiger partial charge in [0, 0.05) is 5.02 Å². The second kappa shape index (κ2) is 8.10. The molecule has 1 amide bonds. The molecule has 0 saturated carbocycles. The van der Waals surface area contributed by atoms with Crippen LogP contribution in [0.15, 0.2) is 42.5 Å². The van der Waals surface area contributed by atoms with Crippen LogP contribution in [0.5, 0.6) is 11.5 Å². The molecule has 3 rings (SSSR count). The van der Waals surface area contributed by atoms with Crippen molar-refractivity contribution < 1.29 is 24.2 Å². The van der Waals surface area contributed by atoms with E-state index in [1.54, 1.807) is 42.5 Å². The van der Waals surface area contributed by atoms with Gasteiger partial charge in [0.05, 0.1) is 18.9 Å². The first-order valence-corrected chi connectivity index (χ1v) is 8.54. The Morgan fingerprint density at radius 3 is 2.46 bits per heavy atom. The van der Waals surface area contributed by atoms with Gasteiger partial charge in [0.2, 0.25) is 5.91 Å². The van der Waals surface area contributed by atoms with E-state index in [9.17, 15) is 9.59 Å². The Morgan fingerprint density at radius 1 is 1.08 bits per heavy atom. The van der Waals surface area contributed by atoms with Gasteiger partial charge in [-0.05, 0) is 35.4 Å². The Balaban J connectivity index is 1.69. The average Bonchev–Trinajstić information content (AvgIpc) is 2.61. The summed E-state index contributed by atoms with van der Waals surface area (Å²) in [5, 5.41) is 12.5. The maximum Gasteiger partial charge on any atom is 0.305 e. The molecular formula is C19H18ClNO5. The first kappa shape index (κ1) is 18.1. The lowest BCUT2D eigenvalue weighted by Gasteiger charge is -2.20. The Morgan fingerprint density at radius 2 is 1.77 bits per heavy atom. The van der Waals surface area contributed by atoms with Gasteiger partial charge in [0.25, 0.3) is 0 Å². The van der Waals surface area contributed by atoms with Crippen LogP contribution in [-0.4, -0.2) is 30.2 Å². The summed E-state index contributed by atoms with van der Waals surface area (Å²) in [7, 11) is 0. The molecule has 0 aromatic heterocycles. The molecule has 1 aliphatic heterocycles. The number of benzene rings is 2. The third-order valence-corrected chi connectivity index (χ3v) is 4.21. The topological polar surface area (TPSA) is 84.9 Å². The van der Waals surface area contributed by atoms with E-state index in [0.717, 1.165) is 5.56 Å². The predicted octanol–water partition coefficient (Wildman–Crippen LogP) is 2.99. The molecule has 0 saturated heterocycles. The van der Waals surface area contributed by atoms with Crippen molar-refractivity contribution in [1.82, 2.24) is 5.32 Å². The number of carboxylic acid groups (broad SMARTS) is 1. The van der Waals surface area contributed by atoms with Crippen molar-refractivity contribution in [1.29, 1.82) is 0 Å². The van der Waals surface area contributed by atoms with Crippen LogP contribution in [0.1, 0.15) is 23.6 Å². The smallest absolute Gasteiger partial charge is 0.305 e. The van der Waals surface area contributed by atoms with Crippen LogP contribution < -0.4 is 14.8 Å². The fourth-order valence-corrected chi connectivity index (χ4v) is 2.88. The number of halogens is 1. The molecule has 1 atom stereocenters. The number of fused-ring (bicyclic) bond motifs is 1. The number of carbonyl (C=O) groups is 2. The maximum atomic E-state index is 12.4. The van der Waals surface area contributed by atoms with Crippen LogP contribution in [0.3, 0.4) is 0 Å². The van der Waals surface area contributed by atoms with Crippen LogP contribution in [0, 0.1) is 0 Å². The molecule has 2 N–H and O–H groups in total. The Labute approximate surface area is 155 Å². The molecule has 6 nitrogen and oxygen atoms in total. The summed E-state index contributed by atoms with van der Waals surface area (Å²) in [5.74, 6) is -0.000814. The lowest BCUT2D eigenvalue weighted by atomic mass is 10.0. The van der Waals surface area contributed by atoms with Crippen molar-refractivity contribution in [3.05, 3.63) is 58.6 Å². The number of ether oxygens (including phenoxy) is 2. The van der Waals surface area contributed by atoms with E-state index in [1.165, 1.54) is 0 Å². The second-order valence-corrected chi connectivity index (χ2v) is 6.36. The Kier molecular flexibility index (Phi) is 5.63. The third kappa shape index (κ3) is 4.67. The van der Waals surface area contributed by atoms with Crippen molar-refractivity contribution in [2.75, 3.05) is 13.2 Å². The number of carbonyl (C=O) groups excluding carboxylic acids is 1. The van der Waals surface area contributed by atoms with E-state index in [4.69, 9.17) is 26.2 Å². The summed E-state index contributed by atoms with van der Waals surface area (Å²) >= 11 is 5.87. The van der Waals surface area contributed by atoms with Gasteiger partial charge >= 0.3 is 5.97 Å². The first-order valence-electron chi connectivity index (χ1n) is 8.16. The van der Waals surface area contributed by atoms with Gasteiger partial charge in [-0.2, -0.15) is 0 Å². The highest BCUT2D eigenvalue weighted by molar-refractivity contribution is 6.30. The highest BCUT2D eigenvalue weighted by Gasteiger charge is 2.19. The summed E-state index contributed by atoms with van der Waals surface area (Å²) in [5.41, 5.74) is 1.45. The Bertz CT molecular complexity index is 806. The molecular weight excluding hydrogens is 358 g/mol. The number of nitrogens with one attached hydrogen (secondary N) is 1. The second-order valence-electron chi connectivity index (χ2n) is 5.92. The highest BCUT2D eigenvalue weighted by Crippen LogP contribution is 2.31. The van der Waals surface area contributed by atoms with Gasteiger partial charge in [-0.1, -0.05) is 29.8 Å². The lowest BCUT2D eigenvalue weighted by Crippen LogP contribution is -2.31. The summed E-state index contributed by atoms with van der Waals surface area (Å²) in [6, 6.07) is 11.4. The number of carboxylic acids is 1. The fourth-order valence-electron chi connectivity index (χ4n) is 2.75. The van der Waals surface area contributed by atoms with Crippen molar-refractivity contribution in [3.63, 3.8) is 0 Å². The minimum atomic E-state index is -0.996. The number of hydrogen-bond acceptors (Lipinski definition) is 4. The molecule has 1 aliphatic rings. The number of hydrogen-bond donors (Lipinski definition) is 2. The molecule has 0 aliphatic carbocycles. The molecule has 26 heavy (non-hydrogen) atoms. The molecule has 2 aromatic carbocycles. The van der Waals surface area contributed by atoms with Crippen LogP contribution >= 0.6 is 11.6 Å². The van der Waals surface area contributed by atoms with Crippen LogP contribution in [0.4, 0.5) is 0 Å². The highest BCUT2D eigenvalue weighted by atomic mass is 35.5. The number of amides is 1.